The fraction of sp³-hybridized carbons (Fsp3) is 0.238. The molecule has 1 aliphatic rings. The SMILES string of the molecule is CN(C)C(=O)N(C(=CC(=O)c1ccccc1)C1CC1)c1ccccc1. The molecule has 0 unspecified atom stereocenters. The van der Waals surface area contributed by atoms with Gasteiger partial charge in [-0.15, -0.1) is 0 Å². The fourth-order valence-corrected chi connectivity index (χ4v) is 2.71. The predicted octanol–water partition coefficient (Wildman–Crippen LogP) is 4.35. The largest absolute Gasteiger partial charge is 0.330 e. The van der Waals surface area contributed by atoms with Crippen LogP contribution in [0.5, 0.6) is 0 Å². The highest BCUT2D eigenvalue weighted by molar-refractivity contribution is 6.06. The minimum Gasteiger partial charge on any atom is -0.330 e. The quantitative estimate of drug-likeness (QED) is 0.602. The Balaban J connectivity index is 2.02. The number of carbonyl (C=O) groups is 2. The van der Waals surface area contributed by atoms with Gasteiger partial charge in [-0.25, -0.2) is 4.79 Å². The van der Waals surface area contributed by atoms with E-state index in [4.69, 9.17) is 0 Å². The molecule has 0 saturated heterocycles. The summed E-state index contributed by atoms with van der Waals surface area (Å²) in [5.41, 5.74) is 2.19. The number of hydrogen-bond acceptors (Lipinski definition) is 2. The lowest BCUT2D eigenvalue weighted by molar-refractivity contribution is 0.104. The molecule has 4 nitrogen and oxygen atoms in total. The maximum atomic E-state index is 12.8. The van der Waals surface area contributed by atoms with Crippen LogP contribution in [0.3, 0.4) is 0 Å². The van der Waals surface area contributed by atoms with Crippen LogP contribution in [0.2, 0.25) is 0 Å². The third kappa shape index (κ3) is 3.97. The molecular formula is C21H22N2O2. The first-order chi connectivity index (χ1) is 12.1. The molecule has 0 aromatic heterocycles. The van der Waals surface area contributed by atoms with Gasteiger partial charge in [0.1, 0.15) is 0 Å². The number of para-hydroxylation sites is 1. The van der Waals surface area contributed by atoms with Crippen molar-refractivity contribution >= 4 is 17.5 Å². The summed E-state index contributed by atoms with van der Waals surface area (Å²) in [5.74, 6) is 0.173. The topological polar surface area (TPSA) is 40.6 Å². The van der Waals surface area contributed by atoms with Gasteiger partial charge < -0.3 is 4.90 Å². The van der Waals surface area contributed by atoms with Crippen molar-refractivity contribution in [2.24, 2.45) is 5.92 Å². The molecule has 0 spiro atoms. The highest BCUT2D eigenvalue weighted by atomic mass is 16.2. The molecule has 25 heavy (non-hydrogen) atoms. The number of hydrogen-bond donors (Lipinski definition) is 0. The lowest BCUT2D eigenvalue weighted by Crippen LogP contribution is -2.39. The highest BCUT2D eigenvalue weighted by Crippen LogP contribution is 2.40. The molecular weight excluding hydrogens is 312 g/mol. The van der Waals surface area contributed by atoms with Gasteiger partial charge in [-0.1, -0.05) is 48.5 Å². The van der Waals surface area contributed by atoms with E-state index >= 15 is 0 Å². The number of allylic oxidation sites excluding steroid dienone is 2. The van der Waals surface area contributed by atoms with Crippen molar-refractivity contribution < 1.29 is 9.59 Å². The van der Waals surface area contributed by atoms with Crippen LogP contribution >= 0.6 is 0 Å². The van der Waals surface area contributed by atoms with E-state index < -0.39 is 0 Å². The molecule has 0 N–H and O–H groups in total. The van der Waals surface area contributed by atoms with Crippen LogP contribution in [-0.2, 0) is 0 Å². The van der Waals surface area contributed by atoms with Crippen LogP contribution in [-0.4, -0.2) is 30.8 Å². The van der Waals surface area contributed by atoms with E-state index in [0.29, 0.717) is 5.56 Å². The molecule has 2 aromatic carbocycles. The number of amides is 2. The molecule has 0 heterocycles. The molecule has 128 valence electrons. The summed E-state index contributed by atoms with van der Waals surface area (Å²) in [6, 6.07) is 18.5. The summed E-state index contributed by atoms with van der Waals surface area (Å²) in [7, 11) is 3.45. The Morgan fingerprint density at radius 1 is 0.920 bits per heavy atom. The van der Waals surface area contributed by atoms with Crippen molar-refractivity contribution in [3.8, 4) is 0 Å². The smallest absolute Gasteiger partial charge is 0.328 e. The minimum absolute atomic E-state index is 0.0741. The third-order valence-electron chi connectivity index (χ3n) is 4.18. The van der Waals surface area contributed by atoms with E-state index in [1.807, 2.05) is 48.5 Å². The Labute approximate surface area is 148 Å². The van der Waals surface area contributed by atoms with E-state index in [9.17, 15) is 9.59 Å². The molecule has 0 radical (unpaired) electrons. The summed E-state index contributed by atoms with van der Waals surface area (Å²) in [6.07, 6.45) is 3.62. The number of nitrogens with zero attached hydrogens (tertiary/aromatic N) is 2. The molecule has 2 amide bonds. The van der Waals surface area contributed by atoms with Gasteiger partial charge in [-0.3, -0.25) is 9.69 Å². The molecule has 2 aromatic rings. The molecule has 0 bridgehead atoms. The minimum atomic E-state index is -0.148. The van der Waals surface area contributed by atoms with Gasteiger partial charge in [0.15, 0.2) is 5.78 Å². The van der Waals surface area contributed by atoms with Crippen LogP contribution < -0.4 is 4.90 Å². The lowest BCUT2D eigenvalue weighted by Gasteiger charge is -2.28. The monoisotopic (exact) mass is 334 g/mol. The van der Waals surface area contributed by atoms with Crippen LogP contribution in [0, 0.1) is 5.92 Å². The summed E-state index contributed by atoms with van der Waals surface area (Å²) in [5, 5.41) is 0. The van der Waals surface area contributed by atoms with Crippen LogP contribution in [0.4, 0.5) is 10.5 Å². The van der Waals surface area contributed by atoms with Gasteiger partial charge in [0, 0.05) is 31.4 Å². The van der Waals surface area contributed by atoms with Crippen molar-refractivity contribution in [3.63, 3.8) is 0 Å². The normalized spacial score (nSPS) is 14.1. The first-order valence-corrected chi connectivity index (χ1v) is 8.45. The lowest BCUT2D eigenvalue weighted by atomic mass is 10.1. The van der Waals surface area contributed by atoms with E-state index in [-0.39, 0.29) is 17.7 Å². The first-order valence-electron chi connectivity index (χ1n) is 8.45. The average molecular weight is 334 g/mol. The van der Waals surface area contributed by atoms with Gasteiger partial charge in [-0.05, 0) is 30.9 Å². The molecule has 1 aliphatic carbocycles. The zero-order valence-electron chi connectivity index (χ0n) is 14.6. The second kappa shape index (κ2) is 7.34. The number of urea groups is 1. The van der Waals surface area contributed by atoms with Gasteiger partial charge >= 0.3 is 6.03 Å². The Morgan fingerprint density at radius 2 is 1.48 bits per heavy atom. The molecule has 0 aliphatic heterocycles. The van der Waals surface area contributed by atoms with Gasteiger partial charge in [0.2, 0.25) is 0 Å². The zero-order chi connectivity index (χ0) is 17.8. The highest BCUT2D eigenvalue weighted by Gasteiger charge is 2.34. The van der Waals surface area contributed by atoms with E-state index in [1.54, 1.807) is 37.2 Å². The van der Waals surface area contributed by atoms with Gasteiger partial charge in [-0.2, -0.15) is 0 Å². The van der Waals surface area contributed by atoms with E-state index in [0.717, 1.165) is 24.2 Å². The van der Waals surface area contributed by atoms with Crippen LogP contribution in [0.25, 0.3) is 0 Å². The number of ketones is 1. The zero-order valence-corrected chi connectivity index (χ0v) is 14.6. The second-order valence-corrected chi connectivity index (χ2v) is 6.42. The summed E-state index contributed by atoms with van der Waals surface area (Å²) < 4.78 is 0. The average Bonchev–Trinajstić information content (AvgIpc) is 3.47. The maximum Gasteiger partial charge on any atom is 0.328 e. The Kier molecular flexibility index (Phi) is 4.98. The number of carbonyl (C=O) groups excluding carboxylic acids is 2. The third-order valence-corrected chi connectivity index (χ3v) is 4.18. The predicted molar refractivity (Wildman–Crippen MR) is 99.6 cm³/mol. The maximum absolute atomic E-state index is 12.8. The fourth-order valence-electron chi connectivity index (χ4n) is 2.71. The van der Waals surface area contributed by atoms with Crippen molar-refractivity contribution in [1.82, 2.24) is 4.90 Å². The molecule has 4 heteroatoms. The van der Waals surface area contributed by atoms with Crippen LogP contribution in [0.15, 0.2) is 72.4 Å². The first kappa shape index (κ1) is 17.0. The summed E-state index contributed by atoms with van der Waals surface area (Å²) in [4.78, 5) is 28.7. The Morgan fingerprint density at radius 3 is 2.00 bits per heavy atom. The number of anilines is 1. The molecule has 3 rings (SSSR count). The van der Waals surface area contributed by atoms with Crippen molar-refractivity contribution in [2.75, 3.05) is 19.0 Å². The number of benzene rings is 2. The Hall–Kier alpha value is -2.88. The standard InChI is InChI=1S/C21H22N2O2/c1-22(2)21(25)23(18-11-7-4-8-12-18)19(16-13-14-16)15-20(24)17-9-5-3-6-10-17/h3-12,15-16H,13-14H2,1-2H3. The molecule has 0 atom stereocenters. The summed E-state index contributed by atoms with van der Waals surface area (Å²) >= 11 is 0. The van der Waals surface area contributed by atoms with Crippen LogP contribution in [0.1, 0.15) is 23.2 Å². The van der Waals surface area contributed by atoms with E-state index in [1.165, 1.54) is 4.90 Å². The summed E-state index contributed by atoms with van der Waals surface area (Å²) in [6.45, 7) is 0. The second-order valence-electron chi connectivity index (χ2n) is 6.42. The molecule has 1 saturated carbocycles. The number of rotatable bonds is 5. The van der Waals surface area contributed by atoms with Crippen molar-refractivity contribution in [3.05, 3.63) is 78.0 Å². The van der Waals surface area contributed by atoms with Gasteiger partial charge in [0.05, 0.1) is 5.69 Å². The van der Waals surface area contributed by atoms with Crippen molar-refractivity contribution in [1.29, 1.82) is 0 Å². The Bertz CT molecular complexity index is 778. The van der Waals surface area contributed by atoms with E-state index in [2.05, 4.69) is 0 Å². The van der Waals surface area contributed by atoms with Crippen molar-refractivity contribution in [2.45, 2.75) is 12.8 Å². The van der Waals surface area contributed by atoms with Gasteiger partial charge in [0.25, 0.3) is 0 Å². The molecule has 1 fully saturated rings.